The van der Waals surface area contributed by atoms with Crippen molar-refractivity contribution < 1.29 is 19.6 Å². The molecule has 2 N–H and O–H groups in total. The number of nitro benzene ring substituents is 1. The Balaban J connectivity index is 2.36. The lowest BCUT2D eigenvalue weighted by Crippen LogP contribution is -2.41. The minimum absolute atomic E-state index is 0.0701. The average Bonchev–Trinajstić information content (AvgIpc) is 2.69. The first-order chi connectivity index (χ1) is 9.33. The van der Waals surface area contributed by atoms with Crippen molar-refractivity contribution in [3.8, 4) is 0 Å². The fourth-order valence-corrected chi connectivity index (χ4v) is 2.24. The summed E-state index contributed by atoms with van der Waals surface area (Å²) in [6.07, 6.45) is 0.670. The van der Waals surface area contributed by atoms with Crippen LogP contribution in [-0.4, -0.2) is 34.2 Å². The Kier molecular flexibility index (Phi) is 3.63. The van der Waals surface area contributed by atoms with Crippen LogP contribution in [0.25, 0.3) is 0 Å². The fraction of sp³-hybridized carbons (Fsp3) is 0.462. The topological polar surface area (TPSA) is 102 Å². The molecule has 7 nitrogen and oxygen atoms in total. The second-order valence-corrected chi connectivity index (χ2v) is 5.10. The van der Waals surface area contributed by atoms with E-state index in [0.717, 1.165) is 12.5 Å². The summed E-state index contributed by atoms with van der Waals surface area (Å²) in [5.74, 6) is -1.20. The summed E-state index contributed by atoms with van der Waals surface area (Å²) in [4.78, 5) is 21.4. The lowest BCUT2D eigenvalue weighted by atomic mass is 9.93. The Morgan fingerprint density at radius 1 is 1.60 bits per heavy atom. The highest BCUT2D eigenvalue weighted by Crippen LogP contribution is 2.32. The third-order valence-corrected chi connectivity index (χ3v) is 3.75. The molecule has 1 fully saturated rings. The van der Waals surface area contributed by atoms with Gasteiger partial charge < -0.3 is 15.2 Å². The second kappa shape index (κ2) is 5.09. The number of rotatable bonds is 4. The molecule has 2 unspecified atom stereocenters. The van der Waals surface area contributed by atoms with E-state index in [9.17, 15) is 20.0 Å². The van der Waals surface area contributed by atoms with E-state index >= 15 is 0 Å². The maximum Gasteiger partial charge on any atom is 0.338 e. The molecule has 0 saturated carbocycles. The number of nitro groups is 1. The van der Waals surface area contributed by atoms with Gasteiger partial charge in [-0.3, -0.25) is 10.1 Å². The van der Waals surface area contributed by atoms with Gasteiger partial charge in [0.05, 0.1) is 22.1 Å². The van der Waals surface area contributed by atoms with Crippen molar-refractivity contribution >= 4 is 17.3 Å². The standard InChI is InChI=1S/C13H16N2O5/c1-8-13(2,5-6-20-8)14-11-4-3-9(15(18)19)7-10(11)12(16)17/h3-4,7-8,14H,5-6H2,1-2H3,(H,16,17). The molecule has 0 aromatic heterocycles. The van der Waals surface area contributed by atoms with E-state index in [4.69, 9.17) is 4.74 Å². The van der Waals surface area contributed by atoms with Gasteiger partial charge in [-0.2, -0.15) is 0 Å². The second-order valence-electron chi connectivity index (χ2n) is 5.10. The summed E-state index contributed by atoms with van der Waals surface area (Å²) in [5, 5.41) is 23.1. The lowest BCUT2D eigenvalue weighted by Gasteiger charge is -2.30. The Morgan fingerprint density at radius 3 is 2.80 bits per heavy atom. The number of nitrogens with zero attached hydrogens (tertiary/aromatic N) is 1. The van der Waals surface area contributed by atoms with Crippen LogP contribution >= 0.6 is 0 Å². The summed E-state index contributed by atoms with van der Waals surface area (Å²) in [6, 6.07) is 3.78. The van der Waals surface area contributed by atoms with Gasteiger partial charge >= 0.3 is 5.97 Å². The Hall–Kier alpha value is -2.15. The van der Waals surface area contributed by atoms with E-state index in [1.165, 1.54) is 12.1 Å². The first-order valence-electron chi connectivity index (χ1n) is 6.25. The van der Waals surface area contributed by atoms with Crippen molar-refractivity contribution in [1.29, 1.82) is 0 Å². The number of benzene rings is 1. The molecule has 0 aliphatic carbocycles. The molecule has 1 aliphatic heterocycles. The zero-order chi connectivity index (χ0) is 14.9. The molecule has 0 amide bonds. The quantitative estimate of drug-likeness (QED) is 0.648. The first-order valence-corrected chi connectivity index (χ1v) is 6.25. The first kappa shape index (κ1) is 14.3. The number of carbonyl (C=O) groups is 1. The number of nitrogens with one attached hydrogen (secondary N) is 1. The van der Waals surface area contributed by atoms with Crippen LogP contribution < -0.4 is 5.32 Å². The Morgan fingerprint density at radius 2 is 2.30 bits per heavy atom. The van der Waals surface area contributed by atoms with Crippen molar-refractivity contribution in [2.24, 2.45) is 0 Å². The zero-order valence-corrected chi connectivity index (χ0v) is 11.3. The Labute approximate surface area is 115 Å². The molecule has 1 heterocycles. The molecule has 1 aliphatic rings. The molecule has 7 heteroatoms. The van der Waals surface area contributed by atoms with E-state index in [1.54, 1.807) is 0 Å². The summed E-state index contributed by atoms with van der Waals surface area (Å²) in [5.41, 5.74) is -0.378. The number of hydrogen-bond acceptors (Lipinski definition) is 5. The van der Waals surface area contributed by atoms with Gasteiger partial charge in [-0.25, -0.2) is 4.79 Å². The summed E-state index contributed by atoms with van der Waals surface area (Å²) >= 11 is 0. The largest absolute Gasteiger partial charge is 0.478 e. The molecular formula is C13H16N2O5. The summed E-state index contributed by atoms with van der Waals surface area (Å²) < 4.78 is 5.48. The van der Waals surface area contributed by atoms with Gasteiger partial charge in [0.25, 0.3) is 5.69 Å². The molecular weight excluding hydrogens is 264 g/mol. The molecule has 2 rings (SSSR count). The van der Waals surface area contributed by atoms with Gasteiger partial charge in [0.2, 0.25) is 0 Å². The summed E-state index contributed by atoms with van der Waals surface area (Å²) in [7, 11) is 0. The lowest BCUT2D eigenvalue weighted by molar-refractivity contribution is -0.384. The van der Waals surface area contributed by atoms with Crippen molar-refractivity contribution in [2.45, 2.75) is 31.9 Å². The van der Waals surface area contributed by atoms with Gasteiger partial charge in [-0.15, -0.1) is 0 Å². The molecule has 1 saturated heterocycles. The number of carboxylic acids is 1. The highest BCUT2D eigenvalue weighted by molar-refractivity contribution is 5.95. The van der Waals surface area contributed by atoms with Crippen LogP contribution in [0.4, 0.5) is 11.4 Å². The van der Waals surface area contributed by atoms with E-state index in [-0.39, 0.29) is 22.9 Å². The molecule has 1 aromatic rings. The molecule has 2 atom stereocenters. The fourth-order valence-electron chi connectivity index (χ4n) is 2.24. The van der Waals surface area contributed by atoms with Gasteiger partial charge in [0.15, 0.2) is 0 Å². The average molecular weight is 280 g/mol. The number of carboxylic acid groups (broad SMARTS) is 1. The van der Waals surface area contributed by atoms with Crippen molar-refractivity contribution in [3.05, 3.63) is 33.9 Å². The number of ether oxygens (including phenoxy) is 1. The Bertz CT molecular complexity index is 560. The number of aromatic carboxylic acids is 1. The third-order valence-electron chi connectivity index (χ3n) is 3.75. The van der Waals surface area contributed by atoms with Gasteiger partial charge in [0.1, 0.15) is 0 Å². The molecule has 1 aromatic carbocycles. The van der Waals surface area contributed by atoms with E-state index in [0.29, 0.717) is 12.3 Å². The van der Waals surface area contributed by atoms with E-state index < -0.39 is 10.9 Å². The smallest absolute Gasteiger partial charge is 0.338 e. The minimum atomic E-state index is -1.20. The van der Waals surface area contributed by atoms with Crippen LogP contribution in [0.1, 0.15) is 30.6 Å². The zero-order valence-electron chi connectivity index (χ0n) is 11.3. The van der Waals surface area contributed by atoms with E-state index in [2.05, 4.69) is 5.32 Å². The van der Waals surface area contributed by atoms with Gasteiger partial charge in [-0.1, -0.05) is 0 Å². The van der Waals surface area contributed by atoms with Crippen molar-refractivity contribution in [3.63, 3.8) is 0 Å². The van der Waals surface area contributed by atoms with Gasteiger partial charge in [-0.05, 0) is 26.3 Å². The van der Waals surface area contributed by atoms with Gasteiger partial charge in [0, 0.05) is 24.4 Å². The minimum Gasteiger partial charge on any atom is -0.478 e. The SMILES string of the molecule is CC1OCCC1(C)Nc1ccc([N+](=O)[O-])cc1C(=O)O. The summed E-state index contributed by atoms with van der Waals surface area (Å²) in [6.45, 7) is 4.45. The molecule has 108 valence electrons. The van der Waals surface area contributed by atoms with Crippen molar-refractivity contribution in [1.82, 2.24) is 0 Å². The number of anilines is 1. The highest BCUT2D eigenvalue weighted by atomic mass is 16.6. The molecule has 0 radical (unpaired) electrons. The van der Waals surface area contributed by atoms with Crippen LogP contribution in [0.3, 0.4) is 0 Å². The van der Waals surface area contributed by atoms with Crippen molar-refractivity contribution in [2.75, 3.05) is 11.9 Å². The van der Waals surface area contributed by atoms with Crippen LogP contribution in [-0.2, 0) is 4.74 Å². The predicted octanol–water partition coefficient (Wildman–Crippen LogP) is 2.27. The molecule has 20 heavy (non-hydrogen) atoms. The van der Waals surface area contributed by atoms with E-state index in [1.807, 2.05) is 13.8 Å². The third kappa shape index (κ3) is 2.57. The molecule has 0 spiro atoms. The number of non-ortho nitro benzene ring substituents is 1. The normalized spacial score (nSPS) is 25.4. The van der Waals surface area contributed by atoms with Crippen LogP contribution in [0.2, 0.25) is 0 Å². The predicted molar refractivity (Wildman–Crippen MR) is 72.1 cm³/mol. The maximum absolute atomic E-state index is 11.3. The number of hydrogen-bond donors (Lipinski definition) is 2. The maximum atomic E-state index is 11.3. The highest BCUT2D eigenvalue weighted by Gasteiger charge is 2.37. The monoisotopic (exact) mass is 280 g/mol. The van der Waals surface area contributed by atoms with Crippen LogP contribution in [0, 0.1) is 10.1 Å². The van der Waals surface area contributed by atoms with Crippen LogP contribution in [0.15, 0.2) is 18.2 Å². The molecule has 0 bridgehead atoms. The van der Waals surface area contributed by atoms with Crippen LogP contribution in [0.5, 0.6) is 0 Å².